The fourth-order valence-corrected chi connectivity index (χ4v) is 3.13. The normalized spacial score (nSPS) is 11.1. The van der Waals surface area contributed by atoms with Gasteiger partial charge in [0.1, 0.15) is 5.76 Å². The van der Waals surface area contributed by atoms with Gasteiger partial charge in [-0.25, -0.2) is 4.68 Å². The first-order valence-corrected chi connectivity index (χ1v) is 9.01. The minimum absolute atomic E-state index is 0.0552. The van der Waals surface area contributed by atoms with Gasteiger partial charge < -0.3 is 9.32 Å². The third-order valence-corrected chi connectivity index (χ3v) is 4.67. The number of carbonyl (C=O) groups is 1. The van der Waals surface area contributed by atoms with Crippen molar-refractivity contribution >= 4 is 5.91 Å². The second-order valence-electron chi connectivity index (χ2n) is 6.90. The van der Waals surface area contributed by atoms with Crippen molar-refractivity contribution in [2.75, 3.05) is 20.6 Å². The van der Waals surface area contributed by atoms with Crippen molar-refractivity contribution in [1.29, 1.82) is 0 Å². The standard InChI is InChI=1S/C21H26N4O2/c1-16-20(17(2)25(22-16)18-9-6-5-7-10-18)14-23(3)15-21(26)24(4)13-19-11-8-12-27-19/h5-12H,13-15H2,1-4H3. The minimum Gasteiger partial charge on any atom is -0.467 e. The van der Waals surface area contributed by atoms with Crippen molar-refractivity contribution < 1.29 is 9.21 Å². The first-order valence-electron chi connectivity index (χ1n) is 9.01. The molecule has 6 nitrogen and oxygen atoms in total. The fourth-order valence-electron chi connectivity index (χ4n) is 3.13. The van der Waals surface area contributed by atoms with Crippen molar-refractivity contribution in [2.24, 2.45) is 0 Å². The molecular formula is C21H26N4O2. The van der Waals surface area contributed by atoms with Crippen LogP contribution in [0.1, 0.15) is 22.7 Å². The molecule has 3 rings (SSSR count). The number of aryl methyl sites for hydroxylation is 1. The number of amides is 1. The molecule has 0 radical (unpaired) electrons. The van der Waals surface area contributed by atoms with Gasteiger partial charge in [0.25, 0.3) is 0 Å². The van der Waals surface area contributed by atoms with Crippen LogP contribution in [0.5, 0.6) is 0 Å². The number of nitrogens with zero attached hydrogens (tertiary/aromatic N) is 4. The highest BCUT2D eigenvalue weighted by Gasteiger charge is 2.17. The van der Waals surface area contributed by atoms with Gasteiger partial charge in [-0.3, -0.25) is 9.69 Å². The lowest BCUT2D eigenvalue weighted by atomic mass is 10.2. The van der Waals surface area contributed by atoms with Crippen LogP contribution < -0.4 is 0 Å². The number of para-hydroxylation sites is 1. The quantitative estimate of drug-likeness (QED) is 0.644. The molecule has 0 N–H and O–H groups in total. The summed E-state index contributed by atoms with van der Waals surface area (Å²) in [5.41, 5.74) is 4.28. The van der Waals surface area contributed by atoms with Gasteiger partial charge in [0.05, 0.1) is 30.7 Å². The summed E-state index contributed by atoms with van der Waals surface area (Å²) in [6, 6.07) is 13.8. The maximum absolute atomic E-state index is 12.5. The predicted octanol–water partition coefficient (Wildman–Crippen LogP) is 3.17. The van der Waals surface area contributed by atoms with E-state index in [0.29, 0.717) is 19.6 Å². The van der Waals surface area contributed by atoms with E-state index in [-0.39, 0.29) is 5.91 Å². The van der Waals surface area contributed by atoms with Gasteiger partial charge in [0, 0.05) is 24.8 Å². The SMILES string of the molecule is Cc1nn(-c2ccccc2)c(C)c1CN(C)CC(=O)N(C)Cc1ccco1. The van der Waals surface area contributed by atoms with Crippen molar-refractivity contribution in [3.8, 4) is 5.69 Å². The lowest BCUT2D eigenvalue weighted by Crippen LogP contribution is -2.36. The van der Waals surface area contributed by atoms with Crippen molar-refractivity contribution in [3.63, 3.8) is 0 Å². The highest BCUT2D eigenvalue weighted by molar-refractivity contribution is 5.77. The number of hydrogen-bond acceptors (Lipinski definition) is 4. The Morgan fingerprint density at radius 2 is 1.81 bits per heavy atom. The summed E-state index contributed by atoms with van der Waals surface area (Å²) < 4.78 is 7.27. The van der Waals surface area contributed by atoms with Gasteiger partial charge in [-0.1, -0.05) is 18.2 Å². The summed E-state index contributed by atoms with van der Waals surface area (Å²) in [4.78, 5) is 16.2. The second kappa shape index (κ2) is 8.22. The Morgan fingerprint density at radius 1 is 1.07 bits per heavy atom. The number of aromatic nitrogens is 2. The molecule has 0 unspecified atom stereocenters. The zero-order valence-electron chi connectivity index (χ0n) is 16.3. The summed E-state index contributed by atoms with van der Waals surface area (Å²) >= 11 is 0. The maximum Gasteiger partial charge on any atom is 0.236 e. The van der Waals surface area contributed by atoms with E-state index in [1.165, 1.54) is 0 Å². The molecule has 2 aromatic heterocycles. The van der Waals surface area contributed by atoms with Crippen LogP contribution in [0.4, 0.5) is 0 Å². The van der Waals surface area contributed by atoms with E-state index in [1.54, 1.807) is 18.2 Å². The van der Waals surface area contributed by atoms with E-state index in [0.717, 1.165) is 28.4 Å². The lowest BCUT2D eigenvalue weighted by molar-refractivity contribution is -0.131. The zero-order chi connectivity index (χ0) is 19.4. The van der Waals surface area contributed by atoms with E-state index in [4.69, 9.17) is 4.42 Å². The van der Waals surface area contributed by atoms with Crippen LogP contribution >= 0.6 is 0 Å². The Balaban J connectivity index is 1.65. The molecule has 3 aromatic rings. The van der Waals surface area contributed by atoms with Crippen LogP contribution in [-0.4, -0.2) is 46.1 Å². The van der Waals surface area contributed by atoms with E-state index < -0.39 is 0 Å². The molecule has 2 heterocycles. The van der Waals surface area contributed by atoms with Gasteiger partial charge in [0.15, 0.2) is 0 Å². The predicted molar refractivity (Wildman–Crippen MR) is 105 cm³/mol. The molecule has 0 aliphatic carbocycles. The number of benzene rings is 1. The molecule has 1 amide bonds. The molecule has 0 spiro atoms. The molecule has 0 saturated heterocycles. The second-order valence-corrected chi connectivity index (χ2v) is 6.90. The summed E-state index contributed by atoms with van der Waals surface area (Å²) in [5, 5.41) is 4.68. The van der Waals surface area contributed by atoms with Gasteiger partial charge in [0.2, 0.25) is 5.91 Å². The molecule has 6 heteroatoms. The van der Waals surface area contributed by atoms with Gasteiger partial charge in [-0.15, -0.1) is 0 Å². The van der Waals surface area contributed by atoms with Gasteiger partial charge in [-0.2, -0.15) is 5.10 Å². The highest BCUT2D eigenvalue weighted by atomic mass is 16.3. The zero-order valence-corrected chi connectivity index (χ0v) is 16.3. The molecule has 0 saturated carbocycles. The lowest BCUT2D eigenvalue weighted by Gasteiger charge is -2.21. The van der Waals surface area contributed by atoms with Gasteiger partial charge >= 0.3 is 0 Å². The minimum atomic E-state index is 0.0552. The molecule has 0 atom stereocenters. The Hall–Kier alpha value is -2.86. The number of carbonyl (C=O) groups excluding carboxylic acids is 1. The Morgan fingerprint density at radius 3 is 2.48 bits per heavy atom. The molecule has 0 aliphatic heterocycles. The first-order chi connectivity index (χ1) is 13.0. The monoisotopic (exact) mass is 366 g/mol. The van der Waals surface area contributed by atoms with Crippen LogP contribution in [0.3, 0.4) is 0 Å². The van der Waals surface area contributed by atoms with Crippen molar-refractivity contribution in [3.05, 3.63) is 71.4 Å². The summed E-state index contributed by atoms with van der Waals surface area (Å²) in [6.07, 6.45) is 1.62. The first kappa shape index (κ1) is 18.9. The number of furan rings is 1. The molecular weight excluding hydrogens is 340 g/mol. The van der Waals surface area contributed by atoms with Crippen molar-refractivity contribution in [2.45, 2.75) is 26.9 Å². The molecule has 0 bridgehead atoms. The Kier molecular flexibility index (Phi) is 5.76. The highest BCUT2D eigenvalue weighted by Crippen LogP contribution is 2.19. The molecule has 1 aromatic carbocycles. The fraction of sp³-hybridized carbons (Fsp3) is 0.333. The van der Waals surface area contributed by atoms with Crippen molar-refractivity contribution in [1.82, 2.24) is 19.6 Å². The number of rotatable bonds is 7. The third kappa shape index (κ3) is 4.46. The largest absolute Gasteiger partial charge is 0.467 e. The van der Waals surface area contributed by atoms with E-state index in [2.05, 4.69) is 12.0 Å². The Labute approximate surface area is 160 Å². The topological polar surface area (TPSA) is 54.5 Å². The molecule has 0 aliphatic rings. The summed E-state index contributed by atoms with van der Waals surface area (Å²) in [6.45, 7) is 5.57. The number of likely N-dealkylation sites (N-methyl/N-ethyl adjacent to an activating group) is 2. The van der Waals surface area contributed by atoms with E-state index in [1.807, 2.05) is 66.0 Å². The van der Waals surface area contributed by atoms with Gasteiger partial charge in [-0.05, 0) is 45.2 Å². The number of hydrogen-bond donors (Lipinski definition) is 0. The average Bonchev–Trinajstić information content (AvgIpc) is 3.25. The summed E-state index contributed by atoms with van der Waals surface area (Å²) in [7, 11) is 3.75. The Bertz CT molecular complexity index is 885. The molecule has 27 heavy (non-hydrogen) atoms. The van der Waals surface area contributed by atoms with E-state index in [9.17, 15) is 4.79 Å². The van der Waals surface area contributed by atoms with Crippen LogP contribution in [0.15, 0.2) is 53.1 Å². The van der Waals surface area contributed by atoms with Crippen LogP contribution in [0.25, 0.3) is 5.69 Å². The van der Waals surface area contributed by atoms with E-state index >= 15 is 0 Å². The molecule has 142 valence electrons. The molecule has 0 fully saturated rings. The van der Waals surface area contributed by atoms with Crippen LogP contribution in [-0.2, 0) is 17.9 Å². The van der Waals surface area contributed by atoms with Crippen LogP contribution in [0, 0.1) is 13.8 Å². The maximum atomic E-state index is 12.5. The average molecular weight is 366 g/mol. The van der Waals surface area contributed by atoms with Crippen LogP contribution in [0.2, 0.25) is 0 Å². The third-order valence-electron chi connectivity index (χ3n) is 4.67. The smallest absolute Gasteiger partial charge is 0.236 e. The summed E-state index contributed by atoms with van der Waals surface area (Å²) in [5.74, 6) is 0.837.